The number of carbonyl (C=O) groups is 1. The van der Waals surface area contributed by atoms with Gasteiger partial charge in [-0.05, 0) is 44.1 Å². The molecule has 0 saturated carbocycles. The van der Waals surface area contributed by atoms with Crippen molar-refractivity contribution >= 4 is 6.03 Å². The zero-order valence-corrected chi connectivity index (χ0v) is 14.6. The number of fused-ring (bicyclic) bond motifs is 3. The molecule has 0 bridgehead atoms. The van der Waals surface area contributed by atoms with Crippen LogP contribution in [0.1, 0.15) is 45.4 Å². The van der Waals surface area contributed by atoms with Crippen molar-refractivity contribution in [3.05, 3.63) is 0 Å². The molecular formula is C18H33N3O2. The van der Waals surface area contributed by atoms with E-state index < -0.39 is 0 Å². The fourth-order valence-electron chi connectivity index (χ4n) is 4.55. The minimum absolute atomic E-state index is 0.135. The summed E-state index contributed by atoms with van der Waals surface area (Å²) in [7, 11) is 0. The number of ether oxygens (including phenoxy) is 1. The van der Waals surface area contributed by atoms with Crippen LogP contribution in [-0.2, 0) is 4.74 Å². The summed E-state index contributed by atoms with van der Waals surface area (Å²) in [4.78, 5) is 17.1. The smallest absolute Gasteiger partial charge is 0.317 e. The summed E-state index contributed by atoms with van der Waals surface area (Å²) in [5.41, 5.74) is 0. The lowest BCUT2D eigenvalue weighted by atomic mass is 9.90. The van der Waals surface area contributed by atoms with E-state index in [0.717, 1.165) is 57.6 Å². The Balaban J connectivity index is 1.33. The molecule has 0 aliphatic carbocycles. The summed E-state index contributed by atoms with van der Waals surface area (Å²) >= 11 is 0. The van der Waals surface area contributed by atoms with Crippen LogP contribution < -0.4 is 5.32 Å². The zero-order valence-electron chi connectivity index (χ0n) is 14.6. The second-order valence-corrected chi connectivity index (χ2v) is 7.44. The van der Waals surface area contributed by atoms with Crippen molar-refractivity contribution in [3.63, 3.8) is 0 Å². The molecule has 23 heavy (non-hydrogen) atoms. The summed E-state index contributed by atoms with van der Waals surface area (Å²) in [6.45, 7) is 8.90. The van der Waals surface area contributed by atoms with Gasteiger partial charge in [-0.15, -0.1) is 0 Å². The lowest BCUT2D eigenvalue weighted by molar-refractivity contribution is 0.128. The van der Waals surface area contributed by atoms with Crippen molar-refractivity contribution in [3.8, 4) is 0 Å². The molecular weight excluding hydrogens is 290 g/mol. The number of hydrogen-bond acceptors (Lipinski definition) is 3. The quantitative estimate of drug-likeness (QED) is 0.731. The first kappa shape index (κ1) is 17.0. The molecule has 3 aliphatic rings. The minimum Gasteiger partial charge on any atom is -0.381 e. The molecule has 0 spiro atoms. The maximum Gasteiger partial charge on any atom is 0.317 e. The van der Waals surface area contributed by atoms with E-state index in [0.29, 0.717) is 5.92 Å². The highest BCUT2D eigenvalue weighted by Gasteiger charge is 2.48. The molecule has 132 valence electrons. The number of hydrogen-bond donors (Lipinski definition) is 1. The van der Waals surface area contributed by atoms with Crippen LogP contribution in [0.15, 0.2) is 0 Å². The van der Waals surface area contributed by atoms with Crippen LogP contribution in [0, 0.1) is 11.8 Å². The van der Waals surface area contributed by atoms with Crippen LogP contribution in [0.4, 0.5) is 4.79 Å². The lowest BCUT2D eigenvalue weighted by Crippen LogP contribution is -2.44. The van der Waals surface area contributed by atoms with E-state index in [4.69, 9.17) is 4.74 Å². The predicted octanol–water partition coefficient (Wildman–Crippen LogP) is 2.32. The molecule has 0 aromatic heterocycles. The number of nitrogens with one attached hydrogen (secondary N) is 1. The van der Waals surface area contributed by atoms with Gasteiger partial charge in [0, 0.05) is 45.4 Å². The third-order valence-electron chi connectivity index (χ3n) is 5.79. The number of carbonyl (C=O) groups excluding carboxylic acids is 1. The molecule has 0 unspecified atom stereocenters. The molecule has 5 nitrogen and oxygen atoms in total. The van der Waals surface area contributed by atoms with E-state index in [1.165, 1.54) is 38.8 Å². The number of amides is 2. The van der Waals surface area contributed by atoms with Gasteiger partial charge in [0.15, 0.2) is 0 Å². The van der Waals surface area contributed by atoms with Crippen LogP contribution >= 0.6 is 0 Å². The average molecular weight is 323 g/mol. The fourth-order valence-corrected chi connectivity index (χ4v) is 4.55. The Morgan fingerprint density at radius 3 is 2.91 bits per heavy atom. The van der Waals surface area contributed by atoms with E-state index in [9.17, 15) is 4.79 Å². The Morgan fingerprint density at radius 1 is 1.17 bits per heavy atom. The highest BCUT2D eigenvalue weighted by molar-refractivity contribution is 5.74. The number of urea groups is 1. The number of nitrogens with zero attached hydrogens (tertiary/aromatic N) is 2. The van der Waals surface area contributed by atoms with Gasteiger partial charge in [-0.1, -0.05) is 19.8 Å². The Hall–Kier alpha value is -0.810. The largest absolute Gasteiger partial charge is 0.381 e. The second kappa shape index (κ2) is 8.34. The zero-order chi connectivity index (χ0) is 16.1. The van der Waals surface area contributed by atoms with Gasteiger partial charge in [0.2, 0.25) is 0 Å². The number of rotatable bonds is 7. The molecule has 0 radical (unpaired) electrons. The van der Waals surface area contributed by atoms with E-state index in [1.807, 2.05) is 0 Å². The topological polar surface area (TPSA) is 44.8 Å². The van der Waals surface area contributed by atoms with Gasteiger partial charge in [-0.2, -0.15) is 0 Å². The van der Waals surface area contributed by atoms with Crippen molar-refractivity contribution in [1.82, 2.24) is 15.1 Å². The standard InChI is InChI=1S/C18H33N3O2/c1-2-3-10-23-11-6-8-19-18(22)21-13-15-12-20-9-5-4-7-17(20)16(15)14-21/h15-17H,2-14H2,1H3,(H,19,22)/t15-,16-,17-/m0/s1. The summed E-state index contributed by atoms with van der Waals surface area (Å²) in [5, 5.41) is 3.07. The number of likely N-dealkylation sites (tertiary alicyclic amines) is 1. The molecule has 3 heterocycles. The molecule has 5 heteroatoms. The molecule has 3 atom stereocenters. The predicted molar refractivity (Wildman–Crippen MR) is 91.5 cm³/mol. The van der Waals surface area contributed by atoms with Crippen LogP contribution in [0.2, 0.25) is 0 Å². The van der Waals surface area contributed by atoms with Crippen LogP contribution in [0.25, 0.3) is 0 Å². The maximum absolute atomic E-state index is 12.3. The van der Waals surface area contributed by atoms with Crippen LogP contribution in [0.5, 0.6) is 0 Å². The van der Waals surface area contributed by atoms with Crippen molar-refractivity contribution in [1.29, 1.82) is 0 Å². The van der Waals surface area contributed by atoms with Crippen molar-refractivity contribution in [2.45, 2.75) is 51.5 Å². The van der Waals surface area contributed by atoms with Crippen LogP contribution in [-0.4, -0.2) is 67.8 Å². The Bertz CT molecular complexity index is 390. The van der Waals surface area contributed by atoms with Crippen molar-refractivity contribution in [2.24, 2.45) is 11.8 Å². The third-order valence-corrected chi connectivity index (χ3v) is 5.79. The monoisotopic (exact) mass is 323 g/mol. The van der Waals surface area contributed by atoms with E-state index >= 15 is 0 Å². The number of unbranched alkanes of at least 4 members (excludes halogenated alkanes) is 1. The van der Waals surface area contributed by atoms with Gasteiger partial charge in [0.05, 0.1) is 0 Å². The first-order valence-corrected chi connectivity index (χ1v) is 9.64. The SMILES string of the molecule is CCCCOCCCNC(=O)N1C[C@@H]2CN3CCCC[C@H]3[C@H]2C1. The third kappa shape index (κ3) is 4.18. The summed E-state index contributed by atoms with van der Waals surface area (Å²) in [5.74, 6) is 1.43. The molecule has 1 N–H and O–H groups in total. The first-order valence-electron chi connectivity index (χ1n) is 9.64. The minimum atomic E-state index is 0.135. The second-order valence-electron chi connectivity index (χ2n) is 7.44. The molecule has 2 amide bonds. The molecule has 3 fully saturated rings. The van der Waals surface area contributed by atoms with Gasteiger partial charge in [-0.3, -0.25) is 4.90 Å². The molecule has 3 saturated heterocycles. The first-order chi connectivity index (χ1) is 11.3. The maximum atomic E-state index is 12.3. The van der Waals surface area contributed by atoms with Gasteiger partial charge in [-0.25, -0.2) is 4.79 Å². The normalized spacial score (nSPS) is 30.3. The Kier molecular flexibility index (Phi) is 6.17. The van der Waals surface area contributed by atoms with E-state index in [-0.39, 0.29) is 6.03 Å². The Morgan fingerprint density at radius 2 is 2.04 bits per heavy atom. The van der Waals surface area contributed by atoms with E-state index in [1.54, 1.807) is 0 Å². The summed E-state index contributed by atoms with van der Waals surface area (Å²) in [6, 6.07) is 0.883. The summed E-state index contributed by atoms with van der Waals surface area (Å²) in [6.07, 6.45) is 7.28. The van der Waals surface area contributed by atoms with E-state index in [2.05, 4.69) is 22.0 Å². The van der Waals surface area contributed by atoms with Crippen molar-refractivity contribution < 1.29 is 9.53 Å². The van der Waals surface area contributed by atoms with Crippen molar-refractivity contribution in [2.75, 3.05) is 45.9 Å². The lowest BCUT2D eigenvalue weighted by Gasteiger charge is -2.33. The van der Waals surface area contributed by atoms with Gasteiger partial charge >= 0.3 is 6.03 Å². The van der Waals surface area contributed by atoms with Gasteiger partial charge < -0.3 is 15.0 Å². The molecule has 3 rings (SSSR count). The highest BCUT2D eigenvalue weighted by atomic mass is 16.5. The fraction of sp³-hybridized carbons (Fsp3) is 0.944. The Labute approximate surface area is 140 Å². The number of piperidine rings is 1. The average Bonchev–Trinajstić information content (AvgIpc) is 3.11. The van der Waals surface area contributed by atoms with Crippen LogP contribution in [0.3, 0.4) is 0 Å². The molecule has 3 aliphatic heterocycles. The van der Waals surface area contributed by atoms with Gasteiger partial charge in [0.25, 0.3) is 0 Å². The molecule has 0 aromatic rings. The summed E-state index contributed by atoms with van der Waals surface area (Å²) < 4.78 is 5.53. The highest BCUT2D eigenvalue weighted by Crippen LogP contribution is 2.40. The van der Waals surface area contributed by atoms with Gasteiger partial charge in [0.1, 0.15) is 0 Å². The molecule has 0 aromatic carbocycles.